The van der Waals surface area contributed by atoms with Crippen LogP contribution in [0.3, 0.4) is 0 Å². The molecule has 0 aliphatic carbocycles. The molecule has 0 aliphatic rings. The van der Waals surface area contributed by atoms with E-state index >= 15 is 0 Å². The summed E-state index contributed by atoms with van der Waals surface area (Å²) in [4.78, 5) is 12.2. The van der Waals surface area contributed by atoms with Gasteiger partial charge in [0.25, 0.3) is 0 Å². The molecule has 0 saturated heterocycles. The third-order valence-electron chi connectivity index (χ3n) is 2.10. The van der Waals surface area contributed by atoms with E-state index in [1.165, 1.54) is 6.07 Å². The molecular weight excluding hydrogens is 289 g/mol. The highest BCUT2D eigenvalue weighted by molar-refractivity contribution is 9.10. The highest BCUT2D eigenvalue weighted by Gasteiger charge is 2.12. The first-order valence-electron chi connectivity index (χ1n) is 4.85. The molecule has 90 valence electrons. The fourth-order valence-corrected chi connectivity index (χ4v) is 1.79. The molecule has 0 atom stereocenters. The third kappa shape index (κ3) is 4.17. The maximum absolute atomic E-state index is 13.3. The first-order chi connectivity index (χ1) is 8.04. The molecule has 3 nitrogen and oxygen atoms in total. The van der Waals surface area contributed by atoms with Crippen LogP contribution >= 0.6 is 15.9 Å². The summed E-state index contributed by atoms with van der Waals surface area (Å²) in [5, 5.41) is 8.72. The molecule has 5 heteroatoms. The maximum Gasteiger partial charge on any atom is 0.317 e. The van der Waals surface area contributed by atoms with E-state index in [2.05, 4.69) is 21.9 Å². The van der Waals surface area contributed by atoms with Crippen molar-refractivity contribution in [2.24, 2.45) is 0 Å². The lowest BCUT2D eigenvalue weighted by molar-refractivity contribution is -0.138. The zero-order chi connectivity index (χ0) is 12.8. The number of halogens is 2. The van der Waals surface area contributed by atoms with Crippen molar-refractivity contribution in [2.75, 3.05) is 13.1 Å². The Hall–Kier alpha value is -1.38. The van der Waals surface area contributed by atoms with Crippen LogP contribution in [0.4, 0.5) is 4.39 Å². The molecule has 1 aromatic carbocycles. The van der Waals surface area contributed by atoms with Gasteiger partial charge in [-0.1, -0.05) is 18.1 Å². The quantitative estimate of drug-likeness (QED) is 0.847. The second-order valence-electron chi connectivity index (χ2n) is 3.46. The maximum atomic E-state index is 13.3. The molecule has 0 bridgehead atoms. The lowest BCUT2D eigenvalue weighted by Crippen LogP contribution is -2.29. The van der Waals surface area contributed by atoms with Gasteiger partial charge in [-0.05, 0) is 27.6 Å². The number of benzene rings is 1. The number of aliphatic carboxylic acids is 1. The molecular formula is C12H11BrFNO2. The van der Waals surface area contributed by atoms with Crippen molar-refractivity contribution in [1.82, 2.24) is 4.90 Å². The van der Waals surface area contributed by atoms with Gasteiger partial charge in [0.1, 0.15) is 5.82 Å². The number of terminal acetylenes is 1. The van der Waals surface area contributed by atoms with Gasteiger partial charge in [0.15, 0.2) is 0 Å². The van der Waals surface area contributed by atoms with Gasteiger partial charge in [-0.2, -0.15) is 0 Å². The van der Waals surface area contributed by atoms with E-state index in [-0.39, 0.29) is 25.5 Å². The van der Waals surface area contributed by atoms with Crippen LogP contribution in [0.25, 0.3) is 0 Å². The van der Waals surface area contributed by atoms with Gasteiger partial charge in [-0.15, -0.1) is 6.42 Å². The van der Waals surface area contributed by atoms with Gasteiger partial charge >= 0.3 is 5.97 Å². The van der Waals surface area contributed by atoms with Crippen LogP contribution < -0.4 is 0 Å². The zero-order valence-electron chi connectivity index (χ0n) is 8.99. The van der Waals surface area contributed by atoms with E-state index in [0.29, 0.717) is 10.0 Å². The minimum absolute atomic E-state index is 0.173. The summed E-state index contributed by atoms with van der Waals surface area (Å²) in [5.74, 6) is 1.04. The lowest BCUT2D eigenvalue weighted by Gasteiger charge is -2.18. The van der Waals surface area contributed by atoms with E-state index in [1.54, 1.807) is 17.0 Å². The minimum atomic E-state index is -0.965. The number of hydrogen-bond donors (Lipinski definition) is 1. The van der Waals surface area contributed by atoms with Gasteiger partial charge in [0.05, 0.1) is 17.6 Å². The molecule has 0 spiro atoms. The highest BCUT2D eigenvalue weighted by Crippen LogP contribution is 2.21. The van der Waals surface area contributed by atoms with Crippen molar-refractivity contribution >= 4 is 21.9 Å². The molecule has 0 heterocycles. The molecule has 1 rings (SSSR count). The van der Waals surface area contributed by atoms with Crippen LogP contribution in [0.1, 0.15) is 5.56 Å². The molecule has 0 unspecified atom stereocenters. The van der Waals surface area contributed by atoms with Crippen LogP contribution in [0.2, 0.25) is 0 Å². The molecule has 0 saturated carbocycles. The molecule has 1 N–H and O–H groups in total. The summed E-state index contributed by atoms with van der Waals surface area (Å²) >= 11 is 3.13. The molecule has 17 heavy (non-hydrogen) atoms. The second kappa shape index (κ2) is 6.38. The van der Waals surface area contributed by atoms with Gasteiger partial charge < -0.3 is 5.11 Å². The Morgan fingerprint density at radius 2 is 2.29 bits per heavy atom. The SMILES string of the molecule is C#CCN(CC(=O)O)Cc1cccc(F)c1Br. The Bertz CT molecular complexity index is 456. The average Bonchev–Trinajstić information content (AvgIpc) is 2.24. The lowest BCUT2D eigenvalue weighted by atomic mass is 10.2. The zero-order valence-corrected chi connectivity index (χ0v) is 10.6. The van der Waals surface area contributed by atoms with E-state index < -0.39 is 5.97 Å². The van der Waals surface area contributed by atoms with E-state index in [0.717, 1.165) is 0 Å². The molecule has 0 aromatic heterocycles. The van der Waals surface area contributed by atoms with Gasteiger partial charge in [-0.25, -0.2) is 4.39 Å². The summed E-state index contributed by atoms with van der Waals surface area (Å²) in [6.07, 6.45) is 5.16. The van der Waals surface area contributed by atoms with Crippen LogP contribution in [0.5, 0.6) is 0 Å². The fraction of sp³-hybridized carbons (Fsp3) is 0.250. The minimum Gasteiger partial charge on any atom is -0.480 e. The summed E-state index contributed by atoms with van der Waals surface area (Å²) < 4.78 is 13.6. The van der Waals surface area contributed by atoms with Crippen LogP contribution in [-0.4, -0.2) is 29.1 Å². The Balaban J connectivity index is 2.82. The Morgan fingerprint density at radius 1 is 1.59 bits per heavy atom. The standard InChI is InChI=1S/C12H11BrFNO2/c1-2-6-15(8-11(16)17)7-9-4-3-5-10(14)12(9)13/h1,3-5H,6-8H2,(H,16,17). The Morgan fingerprint density at radius 3 is 2.88 bits per heavy atom. The van der Waals surface area contributed by atoms with Crippen LogP contribution in [0, 0.1) is 18.2 Å². The summed E-state index contributed by atoms with van der Waals surface area (Å²) in [5.41, 5.74) is 0.668. The van der Waals surface area contributed by atoms with Gasteiger partial charge in [0.2, 0.25) is 0 Å². The third-order valence-corrected chi connectivity index (χ3v) is 2.99. The Kier molecular flexibility index (Phi) is 5.13. The number of nitrogens with zero attached hydrogens (tertiary/aromatic N) is 1. The van der Waals surface area contributed by atoms with Crippen LogP contribution in [-0.2, 0) is 11.3 Å². The van der Waals surface area contributed by atoms with Crippen molar-refractivity contribution in [1.29, 1.82) is 0 Å². The topological polar surface area (TPSA) is 40.5 Å². The number of carboxylic acids is 1. The average molecular weight is 300 g/mol. The normalized spacial score (nSPS) is 10.2. The molecule has 0 radical (unpaired) electrons. The summed E-state index contributed by atoms with van der Waals surface area (Å²) in [6.45, 7) is 0.317. The van der Waals surface area contributed by atoms with E-state index in [1.807, 2.05) is 0 Å². The largest absolute Gasteiger partial charge is 0.480 e. The molecule has 1 aromatic rings. The number of hydrogen-bond acceptors (Lipinski definition) is 2. The number of rotatable bonds is 5. The smallest absolute Gasteiger partial charge is 0.317 e. The van der Waals surface area contributed by atoms with Crippen molar-refractivity contribution < 1.29 is 14.3 Å². The van der Waals surface area contributed by atoms with Crippen molar-refractivity contribution in [2.45, 2.75) is 6.54 Å². The highest BCUT2D eigenvalue weighted by atomic mass is 79.9. The monoisotopic (exact) mass is 299 g/mol. The molecule has 0 aliphatic heterocycles. The molecule has 0 amide bonds. The summed E-state index contributed by atoms with van der Waals surface area (Å²) in [7, 11) is 0. The predicted molar refractivity (Wildman–Crippen MR) is 65.8 cm³/mol. The predicted octanol–water partition coefficient (Wildman–Crippen LogP) is 2.11. The van der Waals surface area contributed by atoms with Crippen molar-refractivity contribution in [3.63, 3.8) is 0 Å². The van der Waals surface area contributed by atoms with Gasteiger partial charge in [0, 0.05) is 6.54 Å². The first kappa shape index (κ1) is 13.7. The van der Waals surface area contributed by atoms with Crippen LogP contribution in [0.15, 0.2) is 22.7 Å². The fourth-order valence-electron chi connectivity index (χ4n) is 1.40. The molecule has 0 fully saturated rings. The first-order valence-corrected chi connectivity index (χ1v) is 5.64. The second-order valence-corrected chi connectivity index (χ2v) is 4.25. The number of carbonyl (C=O) groups is 1. The van der Waals surface area contributed by atoms with E-state index in [4.69, 9.17) is 11.5 Å². The van der Waals surface area contributed by atoms with Crippen molar-refractivity contribution in [3.05, 3.63) is 34.1 Å². The Labute approximate surface area is 107 Å². The number of carboxylic acid groups (broad SMARTS) is 1. The summed E-state index contributed by atoms with van der Waals surface area (Å²) in [6, 6.07) is 4.62. The van der Waals surface area contributed by atoms with E-state index in [9.17, 15) is 9.18 Å². The van der Waals surface area contributed by atoms with Crippen molar-refractivity contribution in [3.8, 4) is 12.3 Å². The van der Waals surface area contributed by atoms with Gasteiger partial charge in [-0.3, -0.25) is 9.69 Å².